The third-order valence-electron chi connectivity index (χ3n) is 3.99. The Kier molecular flexibility index (Phi) is 4.53. The van der Waals surface area contributed by atoms with Crippen LogP contribution in [0.3, 0.4) is 0 Å². The largest absolute Gasteiger partial charge is 0.352 e. The van der Waals surface area contributed by atoms with E-state index in [1.165, 1.54) is 25.7 Å². The molecule has 1 fully saturated rings. The molecule has 0 spiro atoms. The fraction of sp³-hybridized carbons (Fsp3) is 0.714. The van der Waals surface area contributed by atoms with Gasteiger partial charge in [-0.25, -0.2) is 0 Å². The zero-order valence-electron chi connectivity index (χ0n) is 11.5. The van der Waals surface area contributed by atoms with Gasteiger partial charge >= 0.3 is 0 Å². The van der Waals surface area contributed by atoms with Gasteiger partial charge in [0.15, 0.2) is 5.82 Å². The Hall–Kier alpha value is -1.16. The van der Waals surface area contributed by atoms with Crippen molar-refractivity contribution in [2.45, 2.75) is 45.6 Å². The molecule has 0 saturated heterocycles. The van der Waals surface area contributed by atoms with Crippen LogP contribution in [0.25, 0.3) is 0 Å². The van der Waals surface area contributed by atoms with Crippen LogP contribution in [0.4, 0.5) is 5.82 Å². The number of nitrogens with two attached hydrogens (primary N) is 1. The molecule has 0 aromatic carbocycles. The van der Waals surface area contributed by atoms with Crippen LogP contribution in [0.15, 0.2) is 12.1 Å². The standard InChI is InChI=1S/C14H24N4/c1-3-18(14-9-8-11(2)16-17-14)13-7-5-4-6-12(13)10-15/h8-9,12-13H,3-7,10,15H2,1-2H3. The van der Waals surface area contributed by atoms with Gasteiger partial charge in [0.05, 0.1) is 5.69 Å². The normalized spacial score (nSPS) is 23.9. The third kappa shape index (κ3) is 2.80. The van der Waals surface area contributed by atoms with Gasteiger partial charge in [-0.05, 0) is 51.3 Å². The molecule has 1 aromatic rings. The summed E-state index contributed by atoms with van der Waals surface area (Å²) in [5, 5.41) is 8.50. The lowest BCUT2D eigenvalue weighted by atomic mass is 9.83. The average molecular weight is 248 g/mol. The minimum absolute atomic E-state index is 0.533. The van der Waals surface area contributed by atoms with Crippen molar-refractivity contribution in [3.8, 4) is 0 Å². The second-order valence-corrected chi connectivity index (χ2v) is 5.17. The van der Waals surface area contributed by atoms with Crippen molar-refractivity contribution in [2.75, 3.05) is 18.0 Å². The molecule has 0 bridgehead atoms. The van der Waals surface area contributed by atoms with Crippen LogP contribution < -0.4 is 10.6 Å². The van der Waals surface area contributed by atoms with E-state index in [1.807, 2.05) is 13.0 Å². The molecule has 4 nitrogen and oxygen atoms in total. The van der Waals surface area contributed by atoms with E-state index in [0.717, 1.165) is 24.6 Å². The van der Waals surface area contributed by atoms with Crippen molar-refractivity contribution in [2.24, 2.45) is 11.7 Å². The summed E-state index contributed by atoms with van der Waals surface area (Å²) in [6, 6.07) is 4.64. The summed E-state index contributed by atoms with van der Waals surface area (Å²) >= 11 is 0. The molecule has 1 heterocycles. The Bertz CT molecular complexity index is 363. The van der Waals surface area contributed by atoms with E-state index in [9.17, 15) is 0 Å². The number of rotatable bonds is 4. The number of hydrogen-bond donors (Lipinski definition) is 1. The molecule has 18 heavy (non-hydrogen) atoms. The highest BCUT2D eigenvalue weighted by Gasteiger charge is 2.29. The zero-order chi connectivity index (χ0) is 13.0. The van der Waals surface area contributed by atoms with Gasteiger partial charge in [-0.1, -0.05) is 12.8 Å². The van der Waals surface area contributed by atoms with Gasteiger partial charge in [-0.2, -0.15) is 5.10 Å². The van der Waals surface area contributed by atoms with Crippen LogP contribution in [0.1, 0.15) is 38.3 Å². The molecule has 1 aliphatic rings. The Morgan fingerprint density at radius 1 is 1.28 bits per heavy atom. The average Bonchev–Trinajstić information content (AvgIpc) is 2.42. The molecular weight excluding hydrogens is 224 g/mol. The Morgan fingerprint density at radius 3 is 2.67 bits per heavy atom. The summed E-state index contributed by atoms with van der Waals surface area (Å²) in [4.78, 5) is 2.38. The van der Waals surface area contributed by atoms with Crippen molar-refractivity contribution in [1.82, 2.24) is 10.2 Å². The smallest absolute Gasteiger partial charge is 0.151 e. The quantitative estimate of drug-likeness (QED) is 0.887. The maximum absolute atomic E-state index is 5.93. The maximum Gasteiger partial charge on any atom is 0.151 e. The maximum atomic E-state index is 5.93. The lowest BCUT2D eigenvalue weighted by molar-refractivity contribution is 0.299. The van der Waals surface area contributed by atoms with Gasteiger partial charge < -0.3 is 10.6 Å². The van der Waals surface area contributed by atoms with E-state index in [4.69, 9.17) is 5.73 Å². The minimum atomic E-state index is 0.533. The van der Waals surface area contributed by atoms with E-state index in [0.29, 0.717) is 12.0 Å². The second kappa shape index (κ2) is 6.14. The third-order valence-corrected chi connectivity index (χ3v) is 3.99. The fourth-order valence-corrected chi connectivity index (χ4v) is 2.98. The number of aryl methyl sites for hydroxylation is 1. The molecule has 100 valence electrons. The zero-order valence-corrected chi connectivity index (χ0v) is 11.5. The summed E-state index contributed by atoms with van der Waals surface area (Å²) in [6.45, 7) is 5.90. The molecule has 1 saturated carbocycles. The predicted octanol–water partition coefficient (Wildman–Crippen LogP) is 2.13. The van der Waals surface area contributed by atoms with Crippen molar-refractivity contribution >= 4 is 5.82 Å². The van der Waals surface area contributed by atoms with E-state index in [2.05, 4.69) is 28.1 Å². The first-order valence-electron chi connectivity index (χ1n) is 7.03. The molecule has 4 heteroatoms. The molecule has 0 amide bonds. The van der Waals surface area contributed by atoms with Gasteiger partial charge in [0.2, 0.25) is 0 Å². The number of aromatic nitrogens is 2. The highest BCUT2D eigenvalue weighted by Crippen LogP contribution is 2.30. The highest BCUT2D eigenvalue weighted by atomic mass is 15.3. The Morgan fingerprint density at radius 2 is 2.06 bits per heavy atom. The molecule has 2 N–H and O–H groups in total. The molecule has 2 unspecified atom stereocenters. The molecule has 0 radical (unpaired) electrons. The van der Waals surface area contributed by atoms with E-state index >= 15 is 0 Å². The number of hydrogen-bond acceptors (Lipinski definition) is 4. The van der Waals surface area contributed by atoms with Gasteiger partial charge in [0, 0.05) is 12.6 Å². The second-order valence-electron chi connectivity index (χ2n) is 5.17. The number of anilines is 1. The first kappa shape index (κ1) is 13.3. The summed E-state index contributed by atoms with van der Waals surface area (Å²) in [7, 11) is 0. The topological polar surface area (TPSA) is 55.0 Å². The number of nitrogens with zero attached hydrogens (tertiary/aromatic N) is 3. The van der Waals surface area contributed by atoms with Crippen molar-refractivity contribution in [1.29, 1.82) is 0 Å². The highest BCUT2D eigenvalue weighted by molar-refractivity contribution is 5.39. The first-order chi connectivity index (χ1) is 8.76. The van der Waals surface area contributed by atoms with E-state index in [-0.39, 0.29) is 0 Å². The van der Waals surface area contributed by atoms with Crippen LogP contribution in [0.2, 0.25) is 0 Å². The van der Waals surface area contributed by atoms with Gasteiger partial charge in [-0.3, -0.25) is 0 Å². The first-order valence-corrected chi connectivity index (χ1v) is 7.03. The lowest BCUT2D eigenvalue weighted by Gasteiger charge is -2.39. The van der Waals surface area contributed by atoms with Crippen molar-refractivity contribution < 1.29 is 0 Å². The summed E-state index contributed by atoms with van der Waals surface area (Å²) in [5.74, 6) is 1.59. The van der Waals surface area contributed by atoms with Gasteiger partial charge in [-0.15, -0.1) is 5.10 Å². The summed E-state index contributed by atoms with van der Waals surface area (Å²) in [5.41, 5.74) is 6.89. The monoisotopic (exact) mass is 248 g/mol. The Balaban J connectivity index is 2.18. The molecular formula is C14H24N4. The lowest BCUT2D eigenvalue weighted by Crippen LogP contribution is -2.45. The van der Waals surface area contributed by atoms with E-state index < -0.39 is 0 Å². The molecule has 1 aliphatic carbocycles. The van der Waals surface area contributed by atoms with Crippen molar-refractivity contribution in [3.63, 3.8) is 0 Å². The summed E-state index contributed by atoms with van der Waals surface area (Å²) < 4.78 is 0. The van der Waals surface area contributed by atoms with Crippen LogP contribution in [-0.2, 0) is 0 Å². The van der Waals surface area contributed by atoms with Gasteiger partial charge in [0.1, 0.15) is 0 Å². The summed E-state index contributed by atoms with van der Waals surface area (Å²) in [6.07, 6.45) is 5.09. The van der Waals surface area contributed by atoms with Gasteiger partial charge in [0.25, 0.3) is 0 Å². The Labute approximate surface area is 110 Å². The van der Waals surface area contributed by atoms with E-state index in [1.54, 1.807) is 0 Å². The molecule has 0 aliphatic heterocycles. The molecule has 1 aromatic heterocycles. The minimum Gasteiger partial charge on any atom is -0.352 e. The predicted molar refractivity (Wildman–Crippen MR) is 74.6 cm³/mol. The molecule has 2 atom stereocenters. The SMILES string of the molecule is CCN(c1ccc(C)nn1)C1CCCCC1CN. The molecule has 2 rings (SSSR count). The van der Waals surface area contributed by atoms with Crippen LogP contribution >= 0.6 is 0 Å². The van der Waals surface area contributed by atoms with Crippen LogP contribution in [-0.4, -0.2) is 29.3 Å². The van der Waals surface area contributed by atoms with Crippen LogP contribution in [0, 0.1) is 12.8 Å². The van der Waals surface area contributed by atoms with Crippen LogP contribution in [0.5, 0.6) is 0 Å². The van der Waals surface area contributed by atoms with Crippen molar-refractivity contribution in [3.05, 3.63) is 17.8 Å². The fourth-order valence-electron chi connectivity index (χ4n) is 2.98.